The minimum atomic E-state index is -4.69. The summed E-state index contributed by atoms with van der Waals surface area (Å²) < 4.78 is 30.3. The number of rotatable bonds is 59. The first-order chi connectivity index (χ1) is 35.9. The molecule has 1 amide bonds. The van der Waals surface area contributed by atoms with Gasteiger partial charge in [0.2, 0.25) is 5.91 Å². The Morgan fingerprint density at radius 3 is 1.16 bits per heavy atom. The van der Waals surface area contributed by atoms with E-state index in [1.165, 1.54) is 218 Å². The summed E-state index contributed by atoms with van der Waals surface area (Å²) in [6.07, 6.45) is 64.4. The number of ether oxygens (including phenoxy) is 1. The summed E-state index contributed by atoms with van der Waals surface area (Å²) in [7, 11) is 1.19. The third kappa shape index (κ3) is 55.3. The molecule has 1 N–H and O–H groups in total. The van der Waals surface area contributed by atoms with E-state index in [9.17, 15) is 19.0 Å². The van der Waals surface area contributed by atoms with Crippen LogP contribution in [-0.2, 0) is 27.9 Å². The Labute approximate surface area is 460 Å². The van der Waals surface area contributed by atoms with Gasteiger partial charge in [-0.3, -0.25) is 14.2 Å². The molecule has 0 radical (unpaired) electrons. The van der Waals surface area contributed by atoms with E-state index >= 15 is 0 Å². The highest BCUT2D eigenvalue weighted by Crippen LogP contribution is 2.38. The maximum Gasteiger partial charge on any atom is 0.306 e. The lowest BCUT2D eigenvalue weighted by Crippen LogP contribution is -2.47. The monoisotopic (exact) mass is 1060 g/mol. The number of hydrogen-bond acceptors (Lipinski definition) is 7. The van der Waals surface area contributed by atoms with E-state index < -0.39 is 20.0 Å². The number of carbonyl (C=O) groups is 2. The number of phosphoric ester groups is 1. The zero-order valence-corrected chi connectivity index (χ0v) is 51.0. The number of likely N-dealkylation sites (N-methyl/N-ethyl adjacent to an activating group) is 1. The molecule has 0 saturated heterocycles. The molecule has 0 bridgehead atoms. The molecular formula is C64H125N2O7P. The zero-order chi connectivity index (χ0) is 54.3. The predicted octanol–water partition coefficient (Wildman–Crippen LogP) is 19.1. The Bertz CT molecular complexity index is 1320. The van der Waals surface area contributed by atoms with E-state index in [4.69, 9.17) is 13.8 Å². The molecule has 3 atom stereocenters. The van der Waals surface area contributed by atoms with Crippen LogP contribution in [-0.4, -0.2) is 69.4 Å². The van der Waals surface area contributed by atoms with Crippen molar-refractivity contribution in [3.63, 3.8) is 0 Å². The van der Waals surface area contributed by atoms with Crippen LogP contribution >= 0.6 is 7.82 Å². The number of allylic oxidation sites excluding steroid dienone is 3. The summed E-state index contributed by atoms with van der Waals surface area (Å²) in [5, 5.41) is 3.03. The SMILES string of the molecule is CCCCCCCC/C=C\CCCCCC(=O)OC(/C=C\CCCCCCCCCCCC)C(COP(=O)([O-])OCC[N+](C)(C)C)NC(=O)CCCCCCCCCCCCCCCCCCCCCCCCC. The van der Waals surface area contributed by atoms with Crippen molar-refractivity contribution in [2.75, 3.05) is 40.9 Å². The molecule has 0 rings (SSSR count). The average molecular weight is 1070 g/mol. The molecule has 0 aliphatic rings. The van der Waals surface area contributed by atoms with E-state index in [1.807, 2.05) is 33.3 Å². The lowest BCUT2D eigenvalue weighted by Gasteiger charge is -2.30. The van der Waals surface area contributed by atoms with E-state index in [0.29, 0.717) is 23.9 Å². The van der Waals surface area contributed by atoms with Crippen LogP contribution in [0.1, 0.15) is 323 Å². The number of unbranched alkanes of at least 4 members (excludes halogenated alkanes) is 41. The first-order valence-corrected chi connectivity index (χ1v) is 33.6. The molecule has 0 heterocycles. The third-order valence-electron chi connectivity index (χ3n) is 14.6. The van der Waals surface area contributed by atoms with Gasteiger partial charge < -0.3 is 28.5 Å². The van der Waals surface area contributed by atoms with E-state index in [0.717, 1.165) is 64.2 Å². The molecule has 3 unspecified atom stereocenters. The van der Waals surface area contributed by atoms with E-state index in [2.05, 4.69) is 38.2 Å². The lowest BCUT2D eigenvalue weighted by atomic mass is 10.0. The average Bonchev–Trinajstić information content (AvgIpc) is 3.36. The molecule has 0 aliphatic carbocycles. The van der Waals surface area contributed by atoms with Gasteiger partial charge in [-0.05, 0) is 57.4 Å². The molecule has 9 nitrogen and oxygen atoms in total. The van der Waals surface area contributed by atoms with Gasteiger partial charge in [0.25, 0.3) is 7.82 Å². The van der Waals surface area contributed by atoms with Crippen molar-refractivity contribution in [2.24, 2.45) is 0 Å². The maximum atomic E-state index is 13.5. The van der Waals surface area contributed by atoms with Crippen molar-refractivity contribution >= 4 is 19.7 Å². The second-order valence-electron chi connectivity index (χ2n) is 23.3. The Morgan fingerprint density at radius 1 is 0.459 bits per heavy atom. The van der Waals surface area contributed by atoms with Gasteiger partial charge in [0.05, 0.1) is 33.8 Å². The fraction of sp³-hybridized carbons (Fsp3) is 0.906. The van der Waals surface area contributed by atoms with Gasteiger partial charge in [0.15, 0.2) is 0 Å². The second-order valence-corrected chi connectivity index (χ2v) is 24.7. The minimum Gasteiger partial charge on any atom is -0.756 e. The Balaban J connectivity index is 5.10. The predicted molar refractivity (Wildman–Crippen MR) is 317 cm³/mol. The Hall–Kier alpha value is -1.51. The molecule has 0 spiro atoms. The van der Waals surface area contributed by atoms with Crippen LogP contribution in [0.5, 0.6) is 0 Å². The second kappa shape index (κ2) is 54.8. The number of carbonyl (C=O) groups excluding carboxylic acids is 2. The van der Waals surface area contributed by atoms with Crippen molar-refractivity contribution in [1.29, 1.82) is 0 Å². The van der Waals surface area contributed by atoms with Gasteiger partial charge in [-0.1, -0.05) is 277 Å². The van der Waals surface area contributed by atoms with Gasteiger partial charge in [-0.15, -0.1) is 0 Å². The molecule has 438 valence electrons. The van der Waals surface area contributed by atoms with Crippen LogP contribution in [0.3, 0.4) is 0 Å². The van der Waals surface area contributed by atoms with Crippen LogP contribution in [0.15, 0.2) is 24.3 Å². The van der Waals surface area contributed by atoms with Gasteiger partial charge >= 0.3 is 5.97 Å². The molecule has 0 fully saturated rings. The minimum absolute atomic E-state index is 0.0209. The molecule has 74 heavy (non-hydrogen) atoms. The highest BCUT2D eigenvalue weighted by Gasteiger charge is 2.27. The number of hydrogen-bond donors (Lipinski definition) is 1. The summed E-state index contributed by atoms with van der Waals surface area (Å²) >= 11 is 0. The standard InChI is InChI=1S/C64H125N2O7P/c1-7-10-13-16-19-22-25-28-29-30-31-32-33-34-35-36-37-39-41-44-47-50-53-56-63(67)65-61(60-72-74(69,70)71-59-58-66(4,5)6)62(55-52-49-46-43-40-27-24-21-18-15-12-9-3)73-64(68)57-54-51-48-45-42-38-26-23-20-17-14-11-8-2/h38,42,52,55,61-62H,7-37,39-41,43-51,53-54,56-60H2,1-6H3,(H-,65,67,69,70)/b42-38-,55-52-. The largest absolute Gasteiger partial charge is 0.756 e. The van der Waals surface area contributed by atoms with Crippen molar-refractivity contribution in [3.05, 3.63) is 24.3 Å². The normalized spacial score (nSPS) is 13.8. The molecule has 0 saturated carbocycles. The van der Waals surface area contributed by atoms with E-state index in [-0.39, 0.29) is 31.5 Å². The number of nitrogens with zero attached hydrogens (tertiary/aromatic N) is 1. The summed E-state index contributed by atoms with van der Waals surface area (Å²) in [5.74, 6) is -0.543. The van der Waals surface area contributed by atoms with Crippen molar-refractivity contribution < 1.29 is 37.3 Å². The van der Waals surface area contributed by atoms with Gasteiger partial charge in [0.1, 0.15) is 19.3 Å². The molecule has 10 heteroatoms. The number of amides is 1. The summed E-state index contributed by atoms with van der Waals surface area (Å²) in [5.41, 5.74) is 0. The van der Waals surface area contributed by atoms with Crippen LogP contribution in [0, 0.1) is 0 Å². The van der Waals surface area contributed by atoms with Crippen LogP contribution in [0.25, 0.3) is 0 Å². The summed E-state index contributed by atoms with van der Waals surface area (Å²) in [6.45, 7) is 6.87. The van der Waals surface area contributed by atoms with Crippen molar-refractivity contribution in [3.8, 4) is 0 Å². The van der Waals surface area contributed by atoms with Crippen LogP contribution in [0.4, 0.5) is 0 Å². The smallest absolute Gasteiger partial charge is 0.306 e. The first-order valence-electron chi connectivity index (χ1n) is 32.1. The van der Waals surface area contributed by atoms with Crippen molar-refractivity contribution in [2.45, 2.75) is 335 Å². The summed E-state index contributed by atoms with van der Waals surface area (Å²) in [4.78, 5) is 39.9. The number of phosphoric acid groups is 1. The molecule has 0 aliphatic heterocycles. The summed E-state index contributed by atoms with van der Waals surface area (Å²) in [6, 6.07) is -0.888. The first kappa shape index (κ1) is 72.5. The van der Waals surface area contributed by atoms with Crippen LogP contribution in [0.2, 0.25) is 0 Å². The third-order valence-corrected chi connectivity index (χ3v) is 15.6. The quantitative estimate of drug-likeness (QED) is 0.0212. The highest BCUT2D eigenvalue weighted by atomic mass is 31.2. The molecule has 0 aromatic carbocycles. The lowest BCUT2D eigenvalue weighted by molar-refractivity contribution is -0.870. The Morgan fingerprint density at radius 2 is 0.784 bits per heavy atom. The maximum absolute atomic E-state index is 13.5. The topological polar surface area (TPSA) is 114 Å². The number of esters is 1. The van der Waals surface area contributed by atoms with Gasteiger partial charge in [-0.2, -0.15) is 0 Å². The van der Waals surface area contributed by atoms with E-state index in [1.54, 1.807) is 0 Å². The molecule has 0 aromatic heterocycles. The van der Waals surface area contributed by atoms with Crippen molar-refractivity contribution in [1.82, 2.24) is 5.32 Å². The highest BCUT2D eigenvalue weighted by molar-refractivity contribution is 7.45. The fourth-order valence-electron chi connectivity index (χ4n) is 9.64. The number of nitrogens with one attached hydrogen (secondary N) is 1. The number of quaternary nitrogens is 1. The molecule has 0 aromatic rings. The van der Waals surface area contributed by atoms with Gasteiger partial charge in [-0.25, -0.2) is 0 Å². The van der Waals surface area contributed by atoms with Gasteiger partial charge in [0, 0.05) is 12.8 Å². The fourth-order valence-corrected chi connectivity index (χ4v) is 10.4. The molecular weight excluding hydrogens is 940 g/mol. The Kier molecular flexibility index (Phi) is 53.7. The van der Waals surface area contributed by atoms with Crippen LogP contribution < -0.4 is 10.2 Å². The zero-order valence-electron chi connectivity index (χ0n) is 50.1.